The third-order valence-corrected chi connectivity index (χ3v) is 6.46. The van der Waals surface area contributed by atoms with Gasteiger partial charge in [0.15, 0.2) is 0 Å². The average molecular weight is 438 g/mol. The highest BCUT2D eigenvalue weighted by Gasteiger charge is 2.30. The van der Waals surface area contributed by atoms with Crippen molar-refractivity contribution in [3.05, 3.63) is 52.8 Å². The molecule has 2 aliphatic heterocycles. The standard InChI is InChI=1S/C24H31N5O3/c1-19(24(32)28-12-6-3-7-13-28)26-14-16-27(17-15-26)23(31)18-29-22(30)11-10-21(25-29)20-8-4-2-5-9-20/h2,4-5,8-11,19H,3,6-7,12-18H2,1H3. The maximum atomic E-state index is 12.9. The molecule has 2 aliphatic rings. The van der Waals surface area contributed by atoms with E-state index in [0.29, 0.717) is 31.9 Å². The van der Waals surface area contributed by atoms with Crippen molar-refractivity contribution < 1.29 is 9.59 Å². The molecule has 0 spiro atoms. The summed E-state index contributed by atoms with van der Waals surface area (Å²) in [7, 11) is 0. The van der Waals surface area contributed by atoms with Gasteiger partial charge in [-0.1, -0.05) is 30.3 Å². The van der Waals surface area contributed by atoms with Crippen LogP contribution >= 0.6 is 0 Å². The number of aromatic nitrogens is 2. The van der Waals surface area contributed by atoms with Crippen LogP contribution in [0.2, 0.25) is 0 Å². The Morgan fingerprint density at radius 1 is 0.875 bits per heavy atom. The normalized spacial score (nSPS) is 18.4. The van der Waals surface area contributed by atoms with Crippen LogP contribution in [-0.2, 0) is 16.1 Å². The summed E-state index contributed by atoms with van der Waals surface area (Å²) >= 11 is 0. The fourth-order valence-corrected chi connectivity index (χ4v) is 4.45. The molecular weight excluding hydrogens is 406 g/mol. The van der Waals surface area contributed by atoms with Gasteiger partial charge in [0, 0.05) is 50.9 Å². The van der Waals surface area contributed by atoms with Crippen molar-refractivity contribution in [1.29, 1.82) is 0 Å². The number of likely N-dealkylation sites (tertiary alicyclic amines) is 1. The van der Waals surface area contributed by atoms with E-state index >= 15 is 0 Å². The maximum Gasteiger partial charge on any atom is 0.267 e. The van der Waals surface area contributed by atoms with E-state index in [4.69, 9.17) is 0 Å². The van der Waals surface area contributed by atoms with E-state index in [1.165, 1.54) is 17.2 Å². The van der Waals surface area contributed by atoms with E-state index in [-0.39, 0.29) is 30.0 Å². The molecule has 3 heterocycles. The number of amides is 2. The molecule has 4 rings (SSSR count). The molecule has 2 amide bonds. The van der Waals surface area contributed by atoms with E-state index in [2.05, 4.69) is 10.00 Å². The van der Waals surface area contributed by atoms with Crippen LogP contribution in [0.25, 0.3) is 11.3 Å². The summed E-state index contributed by atoms with van der Waals surface area (Å²) in [5.41, 5.74) is 1.26. The molecule has 2 aromatic rings. The Labute approximate surface area is 188 Å². The SMILES string of the molecule is CC(C(=O)N1CCCCC1)N1CCN(C(=O)Cn2nc(-c3ccccc3)ccc2=O)CC1. The third-order valence-electron chi connectivity index (χ3n) is 6.46. The summed E-state index contributed by atoms with van der Waals surface area (Å²) in [6.45, 7) is 5.98. The van der Waals surface area contributed by atoms with Crippen LogP contribution < -0.4 is 5.56 Å². The molecule has 2 fully saturated rings. The summed E-state index contributed by atoms with van der Waals surface area (Å²) in [5, 5.41) is 4.39. The van der Waals surface area contributed by atoms with E-state index < -0.39 is 0 Å². The summed E-state index contributed by atoms with van der Waals surface area (Å²) in [6, 6.07) is 12.5. The van der Waals surface area contributed by atoms with Crippen LogP contribution in [0.15, 0.2) is 47.3 Å². The molecule has 1 unspecified atom stereocenters. The first-order valence-electron chi connectivity index (χ1n) is 11.5. The molecule has 8 nitrogen and oxygen atoms in total. The van der Waals surface area contributed by atoms with Gasteiger partial charge < -0.3 is 9.80 Å². The second-order valence-electron chi connectivity index (χ2n) is 8.56. The van der Waals surface area contributed by atoms with Gasteiger partial charge in [-0.05, 0) is 32.3 Å². The van der Waals surface area contributed by atoms with E-state index in [1.807, 2.05) is 42.2 Å². The monoisotopic (exact) mass is 437 g/mol. The summed E-state index contributed by atoms with van der Waals surface area (Å²) in [4.78, 5) is 43.8. The Bertz CT molecular complexity index is 992. The zero-order chi connectivity index (χ0) is 22.5. The third kappa shape index (κ3) is 5.07. The Morgan fingerprint density at radius 3 is 2.25 bits per heavy atom. The van der Waals surface area contributed by atoms with Gasteiger partial charge >= 0.3 is 0 Å². The number of carbonyl (C=O) groups is 2. The molecule has 1 atom stereocenters. The Morgan fingerprint density at radius 2 is 1.56 bits per heavy atom. The largest absolute Gasteiger partial charge is 0.341 e. The Balaban J connectivity index is 1.34. The highest BCUT2D eigenvalue weighted by Crippen LogP contribution is 2.15. The number of rotatable bonds is 5. The Kier molecular flexibility index (Phi) is 6.99. The van der Waals surface area contributed by atoms with Crippen LogP contribution in [0, 0.1) is 0 Å². The highest BCUT2D eigenvalue weighted by molar-refractivity contribution is 5.81. The van der Waals surface area contributed by atoms with E-state index in [0.717, 1.165) is 31.5 Å². The molecule has 0 bridgehead atoms. The summed E-state index contributed by atoms with van der Waals surface area (Å²) in [5.74, 6) is 0.0671. The van der Waals surface area contributed by atoms with E-state index in [9.17, 15) is 14.4 Å². The van der Waals surface area contributed by atoms with Crippen molar-refractivity contribution >= 4 is 11.8 Å². The van der Waals surface area contributed by atoms with Gasteiger partial charge in [0.2, 0.25) is 11.8 Å². The lowest BCUT2D eigenvalue weighted by molar-refractivity contribution is -0.139. The number of piperazine rings is 1. The van der Waals surface area contributed by atoms with Gasteiger partial charge in [-0.15, -0.1) is 0 Å². The highest BCUT2D eigenvalue weighted by atomic mass is 16.2. The molecule has 1 aromatic carbocycles. The van der Waals surface area contributed by atoms with Crippen molar-refractivity contribution in [2.24, 2.45) is 0 Å². The van der Waals surface area contributed by atoms with Crippen LogP contribution in [0.5, 0.6) is 0 Å². The predicted molar refractivity (Wildman–Crippen MR) is 122 cm³/mol. The molecular formula is C24H31N5O3. The fraction of sp³-hybridized carbons (Fsp3) is 0.500. The Hall–Kier alpha value is -3.00. The first-order chi connectivity index (χ1) is 15.5. The van der Waals surface area contributed by atoms with Gasteiger partial charge in [0.25, 0.3) is 5.56 Å². The van der Waals surface area contributed by atoms with Crippen LogP contribution in [0.1, 0.15) is 26.2 Å². The first-order valence-corrected chi connectivity index (χ1v) is 11.5. The maximum absolute atomic E-state index is 12.9. The van der Waals surface area contributed by atoms with Crippen LogP contribution in [0.3, 0.4) is 0 Å². The predicted octanol–water partition coefficient (Wildman–Crippen LogP) is 1.46. The minimum Gasteiger partial charge on any atom is -0.341 e. The topological polar surface area (TPSA) is 78.8 Å². The molecule has 0 radical (unpaired) electrons. The lowest BCUT2D eigenvalue weighted by Gasteiger charge is -2.39. The minimum absolute atomic E-state index is 0.0816. The first kappa shape index (κ1) is 22.2. The number of hydrogen-bond donors (Lipinski definition) is 0. The lowest BCUT2D eigenvalue weighted by atomic mass is 10.1. The smallest absolute Gasteiger partial charge is 0.267 e. The molecule has 0 saturated carbocycles. The van der Waals surface area contributed by atoms with Gasteiger partial charge in [0.1, 0.15) is 6.54 Å². The number of hydrogen-bond acceptors (Lipinski definition) is 5. The van der Waals surface area contributed by atoms with Crippen molar-refractivity contribution in [1.82, 2.24) is 24.5 Å². The molecule has 170 valence electrons. The molecule has 1 aromatic heterocycles. The minimum atomic E-state index is -0.294. The second kappa shape index (κ2) is 10.1. The number of nitrogens with zero attached hydrogens (tertiary/aromatic N) is 5. The zero-order valence-corrected chi connectivity index (χ0v) is 18.7. The van der Waals surface area contributed by atoms with Gasteiger partial charge in [-0.3, -0.25) is 19.3 Å². The molecule has 32 heavy (non-hydrogen) atoms. The summed E-state index contributed by atoms with van der Waals surface area (Å²) < 4.78 is 1.24. The zero-order valence-electron chi connectivity index (χ0n) is 18.7. The summed E-state index contributed by atoms with van der Waals surface area (Å²) in [6.07, 6.45) is 3.37. The number of benzene rings is 1. The van der Waals surface area contributed by atoms with Crippen molar-refractivity contribution in [2.75, 3.05) is 39.3 Å². The molecule has 0 N–H and O–H groups in total. The lowest BCUT2D eigenvalue weighted by Crippen LogP contribution is -2.56. The van der Waals surface area contributed by atoms with E-state index in [1.54, 1.807) is 11.0 Å². The number of carbonyl (C=O) groups excluding carboxylic acids is 2. The van der Waals surface area contributed by atoms with Crippen LogP contribution in [0.4, 0.5) is 0 Å². The molecule has 0 aliphatic carbocycles. The number of piperidine rings is 1. The van der Waals surface area contributed by atoms with Gasteiger partial charge in [-0.25, -0.2) is 4.68 Å². The molecule has 2 saturated heterocycles. The van der Waals surface area contributed by atoms with Gasteiger partial charge in [0.05, 0.1) is 11.7 Å². The molecule has 8 heteroatoms. The van der Waals surface area contributed by atoms with Crippen molar-refractivity contribution in [3.8, 4) is 11.3 Å². The quantitative estimate of drug-likeness (QED) is 0.708. The van der Waals surface area contributed by atoms with Crippen molar-refractivity contribution in [2.45, 2.75) is 38.8 Å². The van der Waals surface area contributed by atoms with Crippen molar-refractivity contribution in [3.63, 3.8) is 0 Å². The second-order valence-corrected chi connectivity index (χ2v) is 8.56. The van der Waals surface area contributed by atoms with Crippen LogP contribution in [-0.4, -0.2) is 81.6 Å². The van der Waals surface area contributed by atoms with Gasteiger partial charge in [-0.2, -0.15) is 5.10 Å². The fourth-order valence-electron chi connectivity index (χ4n) is 4.45. The average Bonchev–Trinajstić information content (AvgIpc) is 2.85.